The van der Waals surface area contributed by atoms with E-state index in [1.165, 1.54) is 18.4 Å². The Morgan fingerprint density at radius 3 is 3.05 bits per heavy atom. The van der Waals surface area contributed by atoms with Gasteiger partial charge >= 0.3 is 5.97 Å². The topological polar surface area (TPSA) is 66.2 Å². The Morgan fingerprint density at radius 1 is 1.55 bits per heavy atom. The number of thiazole rings is 1. The molecule has 1 heterocycles. The monoisotopic (exact) mass is 287 g/mol. The lowest BCUT2D eigenvalue weighted by Crippen LogP contribution is -2.10. The Bertz CT molecular complexity index is 660. The number of aromatic nitrogens is 1. The van der Waals surface area contributed by atoms with Crippen LogP contribution in [0.1, 0.15) is 11.3 Å². The fraction of sp³-hybridized carbons (Fsp3) is 0.214. The van der Waals surface area contributed by atoms with E-state index in [0.29, 0.717) is 11.3 Å². The number of nitriles is 1. The van der Waals surface area contributed by atoms with Crippen molar-refractivity contribution >= 4 is 28.1 Å². The molecular weight excluding hydrogens is 274 g/mol. The molecule has 0 saturated heterocycles. The van der Waals surface area contributed by atoms with Gasteiger partial charge in [0, 0.05) is 18.1 Å². The van der Waals surface area contributed by atoms with Gasteiger partial charge in [0.15, 0.2) is 5.13 Å². The molecule has 20 heavy (non-hydrogen) atoms. The van der Waals surface area contributed by atoms with Crippen LogP contribution in [0, 0.1) is 11.3 Å². The average Bonchev–Trinajstić information content (AvgIpc) is 2.94. The number of rotatable bonds is 4. The molecule has 0 atom stereocenters. The summed E-state index contributed by atoms with van der Waals surface area (Å²) < 4.78 is 4.61. The van der Waals surface area contributed by atoms with Crippen LogP contribution in [0.3, 0.4) is 0 Å². The van der Waals surface area contributed by atoms with E-state index < -0.39 is 0 Å². The first kappa shape index (κ1) is 14.0. The van der Waals surface area contributed by atoms with E-state index in [0.717, 1.165) is 10.8 Å². The Hall–Kier alpha value is -2.39. The van der Waals surface area contributed by atoms with E-state index >= 15 is 0 Å². The molecule has 102 valence electrons. The van der Waals surface area contributed by atoms with Gasteiger partial charge in [-0.05, 0) is 18.2 Å². The third-order valence-corrected chi connectivity index (χ3v) is 3.71. The summed E-state index contributed by atoms with van der Waals surface area (Å²) in [6.45, 7) is 0. The fourth-order valence-electron chi connectivity index (χ4n) is 1.65. The lowest BCUT2D eigenvalue weighted by molar-refractivity contribution is -0.139. The van der Waals surface area contributed by atoms with Crippen molar-refractivity contribution in [2.75, 3.05) is 19.1 Å². The number of carbonyl (C=O) groups is 1. The number of hydrogen-bond acceptors (Lipinski definition) is 6. The zero-order valence-corrected chi connectivity index (χ0v) is 12.0. The lowest BCUT2D eigenvalue weighted by atomic mass is 10.2. The highest BCUT2D eigenvalue weighted by molar-refractivity contribution is 7.13. The average molecular weight is 287 g/mol. The molecule has 0 fully saturated rings. The number of hydrogen-bond donors (Lipinski definition) is 0. The van der Waals surface area contributed by atoms with Crippen LogP contribution in [0.2, 0.25) is 0 Å². The van der Waals surface area contributed by atoms with Crippen LogP contribution in [0.5, 0.6) is 0 Å². The molecule has 0 saturated carbocycles. The van der Waals surface area contributed by atoms with Gasteiger partial charge in [-0.2, -0.15) is 5.26 Å². The number of esters is 1. The first-order valence-corrected chi connectivity index (χ1v) is 6.77. The van der Waals surface area contributed by atoms with Crippen LogP contribution in [0.25, 0.3) is 0 Å². The maximum Gasteiger partial charge on any atom is 0.311 e. The summed E-state index contributed by atoms with van der Waals surface area (Å²) in [6.07, 6.45) is 0.166. The summed E-state index contributed by atoms with van der Waals surface area (Å²) in [5, 5.41) is 11.5. The number of benzene rings is 1. The molecule has 0 amide bonds. The van der Waals surface area contributed by atoms with E-state index in [9.17, 15) is 4.79 Å². The third-order valence-electron chi connectivity index (χ3n) is 2.74. The van der Waals surface area contributed by atoms with E-state index in [4.69, 9.17) is 5.26 Å². The second kappa shape index (κ2) is 6.17. The van der Waals surface area contributed by atoms with Crippen LogP contribution in [0.15, 0.2) is 29.6 Å². The SMILES string of the molecule is COC(=O)Cc1csc(N(C)c2cccc(C#N)c2)n1. The summed E-state index contributed by atoms with van der Waals surface area (Å²) in [6, 6.07) is 9.38. The summed E-state index contributed by atoms with van der Waals surface area (Å²) in [5.41, 5.74) is 2.16. The van der Waals surface area contributed by atoms with Crippen molar-refractivity contribution < 1.29 is 9.53 Å². The number of ether oxygens (including phenoxy) is 1. The van der Waals surface area contributed by atoms with Crippen molar-refractivity contribution in [2.45, 2.75) is 6.42 Å². The summed E-state index contributed by atoms with van der Waals surface area (Å²) in [4.78, 5) is 17.5. The maximum absolute atomic E-state index is 11.2. The summed E-state index contributed by atoms with van der Waals surface area (Å²) >= 11 is 1.44. The van der Waals surface area contributed by atoms with Crippen molar-refractivity contribution in [1.82, 2.24) is 4.98 Å². The smallest absolute Gasteiger partial charge is 0.311 e. The van der Waals surface area contributed by atoms with Crippen molar-refractivity contribution in [2.24, 2.45) is 0 Å². The highest BCUT2D eigenvalue weighted by Gasteiger charge is 2.12. The van der Waals surface area contributed by atoms with Gasteiger partial charge in [-0.1, -0.05) is 6.07 Å². The predicted molar refractivity (Wildman–Crippen MR) is 77.1 cm³/mol. The molecule has 2 aromatic rings. The van der Waals surface area contributed by atoms with Gasteiger partial charge < -0.3 is 9.64 Å². The molecule has 0 bridgehead atoms. The molecule has 0 aliphatic rings. The van der Waals surface area contributed by atoms with Crippen molar-refractivity contribution in [3.63, 3.8) is 0 Å². The van der Waals surface area contributed by atoms with Crippen LogP contribution >= 0.6 is 11.3 Å². The van der Waals surface area contributed by atoms with Crippen LogP contribution < -0.4 is 4.90 Å². The predicted octanol–water partition coefficient (Wildman–Crippen LogP) is 2.50. The number of nitrogens with zero attached hydrogens (tertiary/aromatic N) is 3. The molecule has 0 aliphatic heterocycles. The highest BCUT2D eigenvalue weighted by Crippen LogP contribution is 2.27. The normalized spacial score (nSPS) is 9.85. The van der Waals surface area contributed by atoms with Crippen LogP contribution in [0.4, 0.5) is 10.8 Å². The van der Waals surface area contributed by atoms with Crippen molar-refractivity contribution in [3.8, 4) is 6.07 Å². The van der Waals surface area contributed by atoms with E-state index in [1.807, 2.05) is 29.5 Å². The largest absolute Gasteiger partial charge is 0.469 e. The quantitative estimate of drug-likeness (QED) is 0.808. The minimum atomic E-state index is -0.309. The van der Waals surface area contributed by atoms with E-state index in [2.05, 4.69) is 15.8 Å². The standard InChI is InChI=1S/C14H13N3O2S/c1-17(12-5-3-4-10(6-12)8-15)14-16-11(9-20-14)7-13(18)19-2/h3-6,9H,7H2,1-2H3. The molecule has 0 unspecified atom stereocenters. The number of carbonyl (C=O) groups excluding carboxylic acids is 1. The minimum absolute atomic E-state index is 0.166. The second-order valence-corrected chi connectivity index (χ2v) is 4.93. The molecule has 5 nitrogen and oxygen atoms in total. The fourth-order valence-corrected chi connectivity index (χ4v) is 2.46. The number of anilines is 2. The number of methoxy groups -OCH3 is 1. The first-order valence-electron chi connectivity index (χ1n) is 5.89. The zero-order valence-electron chi connectivity index (χ0n) is 11.2. The molecule has 0 aliphatic carbocycles. The molecule has 0 N–H and O–H groups in total. The molecule has 0 radical (unpaired) electrons. The van der Waals surface area contributed by atoms with Gasteiger partial charge in [0.2, 0.25) is 0 Å². The Kier molecular flexibility index (Phi) is 4.33. The van der Waals surface area contributed by atoms with E-state index in [-0.39, 0.29) is 12.4 Å². The molecule has 2 rings (SSSR count). The second-order valence-electron chi connectivity index (χ2n) is 4.10. The summed E-state index contributed by atoms with van der Waals surface area (Å²) in [5.74, 6) is -0.309. The van der Waals surface area contributed by atoms with Gasteiger partial charge in [-0.3, -0.25) is 4.79 Å². The molecule has 0 spiro atoms. The maximum atomic E-state index is 11.2. The molecule has 6 heteroatoms. The van der Waals surface area contributed by atoms with Gasteiger partial charge in [-0.15, -0.1) is 11.3 Å². The minimum Gasteiger partial charge on any atom is -0.469 e. The van der Waals surface area contributed by atoms with Crippen molar-refractivity contribution in [1.29, 1.82) is 5.26 Å². The summed E-state index contributed by atoms with van der Waals surface area (Å²) in [7, 11) is 3.23. The highest BCUT2D eigenvalue weighted by atomic mass is 32.1. The lowest BCUT2D eigenvalue weighted by Gasteiger charge is -2.15. The first-order chi connectivity index (χ1) is 9.63. The van der Waals surface area contributed by atoms with Gasteiger partial charge in [0.1, 0.15) is 0 Å². The molecule has 1 aromatic carbocycles. The third kappa shape index (κ3) is 3.13. The van der Waals surface area contributed by atoms with Gasteiger partial charge in [0.25, 0.3) is 0 Å². The Labute approximate surface area is 121 Å². The van der Waals surface area contributed by atoms with E-state index in [1.54, 1.807) is 12.1 Å². The van der Waals surface area contributed by atoms with Gasteiger partial charge in [-0.25, -0.2) is 4.98 Å². The van der Waals surface area contributed by atoms with Crippen molar-refractivity contribution in [3.05, 3.63) is 40.9 Å². The Balaban J connectivity index is 2.19. The van der Waals surface area contributed by atoms with Crippen LogP contribution in [-0.2, 0) is 16.0 Å². The van der Waals surface area contributed by atoms with Crippen LogP contribution in [-0.4, -0.2) is 25.1 Å². The molecular formula is C14H13N3O2S. The molecule has 1 aromatic heterocycles. The Morgan fingerprint density at radius 2 is 2.35 bits per heavy atom. The zero-order chi connectivity index (χ0) is 14.5. The van der Waals surface area contributed by atoms with Gasteiger partial charge in [0.05, 0.1) is 30.9 Å².